The SMILES string of the molecule is O=[N+]([O-])c1cccnc1Nc1cnc(Oc2cccc(OC(F)(F)F)c2)nc1. The molecule has 3 rings (SSSR count). The third-order valence-electron chi connectivity index (χ3n) is 3.12. The first-order valence-corrected chi connectivity index (χ1v) is 7.52. The van der Waals surface area contributed by atoms with Crippen LogP contribution in [0, 0.1) is 10.1 Å². The van der Waals surface area contributed by atoms with Crippen LogP contribution in [0.15, 0.2) is 55.0 Å². The first kappa shape index (κ1) is 18.8. The topological polar surface area (TPSA) is 112 Å². The lowest BCUT2D eigenvalue weighted by atomic mass is 10.3. The Hall–Kier alpha value is -3.96. The van der Waals surface area contributed by atoms with E-state index in [1.165, 1.54) is 42.9 Å². The Kier molecular flexibility index (Phi) is 5.20. The number of anilines is 2. The molecule has 0 fully saturated rings. The van der Waals surface area contributed by atoms with E-state index in [4.69, 9.17) is 4.74 Å². The van der Waals surface area contributed by atoms with Gasteiger partial charge in [0.2, 0.25) is 5.82 Å². The van der Waals surface area contributed by atoms with Crippen molar-refractivity contribution in [2.24, 2.45) is 0 Å². The van der Waals surface area contributed by atoms with E-state index in [9.17, 15) is 23.3 Å². The molecule has 0 atom stereocenters. The molecule has 0 saturated carbocycles. The molecule has 1 N–H and O–H groups in total. The fraction of sp³-hybridized carbons (Fsp3) is 0.0625. The average molecular weight is 393 g/mol. The van der Waals surface area contributed by atoms with Gasteiger partial charge < -0.3 is 14.8 Å². The molecule has 0 unspecified atom stereocenters. The van der Waals surface area contributed by atoms with Gasteiger partial charge in [-0.05, 0) is 18.2 Å². The highest BCUT2D eigenvalue weighted by atomic mass is 19.4. The maximum Gasteiger partial charge on any atom is 0.573 e. The molecule has 0 saturated heterocycles. The summed E-state index contributed by atoms with van der Waals surface area (Å²) >= 11 is 0. The summed E-state index contributed by atoms with van der Waals surface area (Å²) in [7, 11) is 0. The van der Waals surface area contributed by atoms with Crippen molar-refractivity contribution in [2.75, 3.05) is 5.32 Å². The molecule has 12 heteroatoms. The lowest BCUT2D eigenvalue weighted by Gasteiger charge is -2.10. The number of hydrogen-bond donors (Lipinski definition) is 1. The van der Waals surface area contributed by atoms with Crippen LogP contribution < -0.4 is 14.8 Å². The second-order valence-corrected chi connectivity index (χ2v) is 5.13. The van der Waals surface area contributed by atoms with E-state index in [-0.39, 0.29) is 23.3 Å². The van der Waals surface area contributed by atoms with E-state index >= 15 is 0 Å². The first-order valence-electron chi connectivity index (χ1n) is 7.52. The summed E-state index contributed by atoms with van der Waals surface area (Å²) in [5, 5.41) is 13.7. The van der Waals surface area contributed by atoms with Gasteiger partial charge in [-0.15, -0.1) is 13.2 Å². The minimum atomic E-state index is -4.82. The maximum atomic E-state index is 12.3. The number of nitro groups is 1. The van der Waals surface area contributed by atoms with Crippen molar-refractivity contribution in [1.29, 1.82) is 0 Å². The highest BCUT2D eigenvalue weighted by molar-refractivity contribution is 5.64. The van der Waals surface area contributed by atoms with Gasteiger partial charge in [-0.1, -0.05) is 6.07 Å². The maximum absolute atomic E-state index is 12.3. The van der Waals surface area contributed by atoms with Gasteiger partial charge >= 0.3 is 18.1 Å². The van der Waals surface area contributed by atoms with Crippen LogP contribution in [-0.4, -0.2) is 26.2 Å². The number of nitrogens with one attached hydrogen (secondary N) is 1. The van der Waals surface area contributed by atoms with Gasteiger partial charge in [-0.25, -0.2) is 15.0 Å². The third-order valence-corrected chi connectivity index (χ3v) is 3.12. The van der Waals surface area contributed by atoms with E-state index in [2.05, 4.69) is 25.0 Å². The number of benzene rings is 1. The number of aromatic nitrogens is 3. The number of pyridine rings is 1. The monoisotopic (exact) mass is 393 g/mol. The van der Waals surface area contributed by atoms with Crippen molar-refractivity contribution in [1.82, 2.24) is 15.0 Å². The van der Waals surface area contributed by atoms with Crippen molar-refractivity contribution in [2.45, 2.75) is 6.36 Å². The highest BCUT2D eigenvalue weighted by Gasteiger charge is 2.31. The van der Waals surface area contributed by atoms with E-state index in [1.54, 1.807) is 0 Å². The Balaban J connectivity index is 1.70. The van der Waals surface area contributed by atoms with Gasteiger partial charge in [0.25, 0.3) is 0 Å². The number of alkyl halides is 3. The van der Waals surface area contributed by atoms with E-state index in [1.807, 2.05) is 0 Å². The fourth-order valence-corrected chi connectivity index (χ4v) is 2.05. The largest absolute Gasteiger partial charge is 0.573 e. The number of hydrogen-bond acceptors (Lipinski definition) is 8. The predicted molar refractivity (Wildman–Crippen MR) is 89.4 cm³/mol. The molecule has 1 aromatic carbocycles. The minimum absolute atomic E-state index is 0.00164. The Morgan fingerprint density at radius 3 is 2.43 bits per heavy atom. The Bertz CT molecular complexity index is 983. The number of ether oxygens (including phenoxy) is 2. The molecule has 0 amide bonds. The zero-order valence-electron chi connectivity index (χ0n) is 13.8. The van der Waals surface area contributed by atoms with E-state index < -0.39 is 17.0 Å². The van der Waals surface area contributed by atoms with Crippen molar-refractivity contribution in [3.63, 3.8) is 0 Å². The second kappa shape index (κ2) is 7.73. The molecule has 2 heterocycles. The summed E-state index contributed by atoms with van der Waals surface area (Å²) in [5.41, 5.74) is 0.0626. The summed E-state index contributed by atoms with van der Waals surface area (Å²) in [6.45, 7) is 0. The van der Waals surface area contributed by atoms with Gasteiger partial charge in [-0.2, -0.15) is 0 Å². The first-order chi connectivity index (χ1) is 13.3. The highest BCUT2D eigenvalue weighted by Crippen LogP contribution is 2.28. The molecule has 0 aliphatic heterocycles. The summed E-state index contributed by atoms with van der Waals surface area (Å²) in [6, 6.07) is 7.42. The Morgan fingerprint density at radius 1 is 1.04 bits per heavy atom. The zero-order valence-corrected chi connectivity index (χ0v) is 13.8. The molecular formula is C16H10F3N5O4. The van der Waals surface area contributed by atoms with Crippen molar-refractivity contribution in [3.8, 4) is 17.5 Å². The zero-order chi connectivity index (χ0) is 20.1. The minimum Gasteiger partial charge on any atom is -0.424 e. The summed E-state index contributed by atoms with van der Waals surface area (Å²) < 4.78 is 45.9. The van der Waals surface area contributed by atoms with E-state index in [0.717, 1.165) is 12.1 Å². The van der Waals surface area contributed by atoms with Crippen molar-refractivity contribution < 1.29 is 27.6 Å². The molecule has 2 aromatic heterocycles. The smallest absolute Gasteiger partial charge is 0.424 e. The van der Waals surface area contributed by atoms with Gasteiger partial charge in [0.05, 0.1) is 23.0 Å². The standard InChI is InChI=1S/C16H10F3N5O4/c17-16(18,19)28-12-4-1-3-11(7-12)27-15-21-8-10(9-22-15)23-14-13(24(25)26)5-2-6-20-14/h1-9H,(H,20,23). The Labute approximate surface area is 154 Å². The molecule has 0 radical (unpaired) electrons. The lowest BCUT2D eigenvalue weighted by molar-refractivity contribution is -0.384. The quantitative estimate of drug-likeness (QED) is 0.489. The van der Waals surface area contributed by atoms with Gasteiger partial charge in [0.15, 0.2) is 0 Å². The van der Waals surface area contributed by atoms with E-state index in [0.29, 0.717) is 5.69 Å². The van der Waals surface area contributed by atoms with Crippen LogP contribution in [-0.2, 0) is 0 Å². The molecule has 0 aliphatic carbocycles. The predicted octanol–water partition coefficient (Wildman–Crippen LogP) is 4.21. The van der Waals surface area contributed by atoms with Crippen molar-refractivity contribution in [3.05, 3.63) is 65.1 Å². The molecule has 0 bridgehead atoms. The van der Waals surface area contributed by atoms with Crippen LogP contribution >= 0.6 is 0 Å². The molecule has 0 spiro atoms. The van der Waals surface area contributed by atoms with Gasteiger partial charge in [-0.3, -0.25) is 10.1 Å². The van der Waals surface area contributed by atoms with Crippen LogP contribution in [0.3, 0.4) is 0 Å². The molecule has 3 aromatic rings. The lowest BCUT2D eigenvalue weighted by Crippen LogP contribution is -2.17. The fourth-order valence-electron chi connectivity index (χ4n) is 2.05. The summed E-state index contributed by atoms with van der Waals surface area (Å²) in [4.78, 5) is 22.0. The second-order valence-electron chi connectivity index (χ2n) is 5.13. The van der Waals surface area contributed by atoms with Gasteiger partial charge in [0, 0.05) is 18.3 Å². The number of rotatable bonds is 6. The number of nitrogens with zero attached hydrogens (tertiary/aromatic N) is 4. The van der Waals surface area contributed by atoms with Crippen molar-refractivity contribution >= 4 is 17.2 Å². The molecule has 144 valence electrons. The molecule has 0 aliphatic rings. The van der Waals surface area contributed by atoms with Gasteiger partial charge in [0.1, 0.15) is 11.5 Å². The van der Waals surface area contributed by atoms with Crippen LogP contribution in [0.1, 0.15) is 0 Å². The van der Waals surface area contributed by atoms with Crippen LogP contribution in [0.2, 0.25) is 0 Å². The van der Waals surface area contributed by atoms with Crippen LogP contribution in [0.5, 0.6) is 17.5 Å². The third kappa shape index (κ3) is 5.03. The number of halogens is 3. The molecular weight excluding hydrogens is 383 g/mol. The summed E-state index contributed by atoms with van der Waals surface area (Å²) in [6.07, 6.45) is -0.895. The van der Waals surface area contributed by atoms with Crippen LogP contribution in [0.25, 0.3) is 0 Å². The Morgan fingerprint density at radius 2 is 1.75 bits per heavy atom. The average Bonchev–Trinajstić information content (AvgIpc) is 2.62. The summed E-state index contributed by atoms with van der Waals surface area (Å²) in [5.74, 6) is -0.421. The normalized spacial score (nSPS) is 11.0. The molecule has 28 heavy (non-hydrogen) atoms. The molecule has 9 nitrogen and oxygen atoms in total. The van der Waals surface area contributed by atoms with Crippen LogP contribution in [0.4, 0.5) is 30.4 Å².